The van der Waals surface area contributed by atoms with E-state index in [1.807, 2.05) is 0 Å². The summed E-state index contributed by atoms with van der Waals surface area (Å²) >= 11 is 0. The molecule has 176 valence electrons. The first-order chi connectivity index (χ1) is 13.3. The lowest BCUT2D eigenvalue weighted by Gasteiger charge is -2.34. The van der Waals surface area contributed by atoms with Crippen LogP contribution in [0, 0.1) is 0 Å². The van der Waals surface area contributed by atoms with Gasteiger partial charge in [-0.15, -0.1) is 0 Å². The van der Waals surface area contributed by atoms with Gasteiger partial charge in [0.25, 0.3) is 0 Å². The molecule has 0 aliphatic rings. The molecule has 0 aromatic heterocycles. The van der Waals surface area contributed by atoms with E-state index in [2.05, 4.69) is 16.1 Å². The second-order valence-electron chi connectivity index (χ2n) is 5.83. The topological polar surface area (TPSA) is 119 Å². The number of carbonyl (C=O) groups excluding carboxylic acids is 2. The van der Waals surface area contributed by atoms with Gasteiger partial charge in [0, 0.05) is 18.5 Å². The van der Waals surface area contributed by atoms with Gasteiger partial charge < -0.3 is 14.8 Å². The Kier molecular flexibility index (Phi) is 8.85. The summed E-state index contributed by atoms with van der Waals surface area (Å²) < 4.78 is 131. The molecule has 1 atom stereocenters. The molecule has 0 aromatic rings. The van der Waals surface area contributed by atoms with Gasteiger partial charge in [0.2, 0.25) is 0 Å². The molecule has 16 heteroatoms. The minimum Gasteiger partial charge on any atom is -0.412 e. The van der Waals surface area contributed by atoms with Gasteiger partial charge in [-0.1, -0.05) is 13.5 Å². The van der Waals surface area contributed by atoms with Crippen LogP contribution in [0.4, 0.5) is 30.7 Å². The fourth-order valence-electron chi connectivity index (χ4n) is 1.64. The number of hydrogen-bond acceptors (Lipinski definition) is 6. The van der Waals surface area contributed by atoms with Crippen molar-refractivity contribution in [1.29, 1.82) is 0 Å². The monoisotopic (exact) mass is 477 g/mol. The highest BCUT2D eigenvalue weighted by molar-refractivity contribution is 7.87. The van der Waals surface area contributed by atoms with Gasteiger partial charge in [0.15, 0.2) is 0 Å². The van der Waals surface area contributed by atoms with E-state index < -0.39 is 70.3 Å². The Balaban J connectivity index is 5.97. The highest BCUT2D eigenvalue weighted by Gasteiger charge is 2.68. The average Bonchev–Trinajstić information content (AvgIpc) is 2.55. The maximum absolute atomic E-state index is 13.6. The molecular formula is C14H18F7NO7S. The van der Waals surface area contributed by atoms with E-state index in [1.54, 1.807) is 5.32 Å². The van der Waals surface area contributed by atoms with Gasteiger partial charge in [-0.25, -0.2) is 4.79 Å². The molecule has 0 aliphatic carbocycles. The Morgan fingerprint density at radius 3 is 1.97 bits per heavy atom. The summed E-state index contributed by atoms with van der Waals surface area (Å²) in [4.78, 5) is 23.6. The Morgan fingerprint density at radius 1 is 1.10 bits per heavy atom. The number of carbonyl (C=O) groups is 2. The van der Waals surface area contributed by atoms with Crippen molar-refractivity contribution in [3.05, 3.63) is 12.2 Å². The highest BCUT2D eigenvalue weighted by Crippen LogP contribution is 2.42. The molecule has 0 aromatic carbocycles. The van der Waals surface area contributed by atoms with Gasteiger partial charge in [-0.3, -0.25) is 9.35 Å². The van der Waals surface area contributed by atoms with Gasteiger partial charge in [-0.05, 0) is 13.3 Å². The summed E-state index contributed by atoms with van der Waals surface area (Å²) in [5.74, 6) is -14.1. The third-order valence-corrected chi connectivity index (χ3v) is 4.21. The van der Waals surface area contributed by atoms with E-state index in [4.69, 9.17) is 4.55 Å². The van der Waals surface area contributed by atoms with Gasteiger partial charge >= 0.3 is 45.1 Å². The van der Waals surface area contributed by atoms with Crippen molar-refractivity contribution >= 4 is 22.0 Å². The third-order valence-electron chi connectivity index (χ3n) is 3.26. The predicted molar refractivity (Wildman–Crippen MR) is 85.0 cm³/mol. The Bertz CT molecular complexity index is 767. The number of hydrogen-bond donors (Lipinski definition) is 2. The first kappa shape index (κ1) is 28.1. The number of rotatable bonds is 11. The summed E-state index contributed by atoms with van der Waals surface area (Å²) in [5, 5.41) is -4.42. The normalized spacial score (nSPS) is 15.3. The fourth-order valence-corrected chi connectivity index (χ4v) is 2.12. The molecule has 1 unspecified atom stereocenters. The van der Waals surface area contributed by atoms with Crippen LogP contribution in [0.2, 0.25) is 0 Å². The standard InChI is InChI=1S/C14H18F7NO7S/c1-4-6-22-10(24)12(13(17,18)19,29-9(23)8(2)3)28-7-5-11(15,16)14(20,21)30(25,26)27/h2,4-7H2,1,3H3,(H,22,24)(H,25,26,27). The lowest BCUT2D eigenvalue weighted by Crippen LogP contribution is -2.62. The van der Waals surface area contributed by atoms with E-state index >= 15 is 0 Å². The van der Waals surface area contributed by atoms with Crippen molar-refractivity contribution in [3.8, 4) is 0 Å². The van der Waals surface area contributed by atoms with Crippen LogP contribution in [0.1, 0.15) is 26.7 Å². The Labute approximate surface area is 166 Å². The van der Waals surface area contributed by atoms with Crippen LogP contribution in [0.5, 0.6) is 0 Å². The lowest BCUT2D eigenvalue weighted by atomic mass is 10.2. The van der Waals surface area contributed by atoms with Crippen LogP contribution < -0.4 is 5.32 Å². The van der Waals surface area contributed by atoms with E-state index in [1.165, 1.54) is 6.92 Å². The van der Waals surface area contributed by atoms with Crippen LogP contribution in [-0.4, -0.2) is 61.1 Å². The van der Waals surface area contributed by atoms with Crippen LogP contribution in [-0.2, 0) is 29.2 Å². The van der Waals surface area contributed by atoms with Crippen LogP contribution in [0.25, 0.3) is 0 Å². The number of esters is 1. The molecule has 0 spiro atoms. The van der Waals surface area contributed by atoms with Crippen molar-refractivity contribution < 1.29 is 62.8 Å². The minimum absolute atomic E-state index is 0.0900. The maximum atomic E-state index is 13.6. The zero-order chi connectivity index (χ0) is 24.2. The number of halogens is 7. The number of nitrogens with one attached hydrogen (secondary N) is 1. The van der Waals surface area contributed by atoms with E-state index in [9.17, 15) is 48.7 Å². The molecule has 0 fully saturated rings. The average molecular weight is 477 g/mol. The SMILES string of the molecule is C=C(C)C(=O)OC(OCCC(F)(F)C(F)(F)S(=O)(=O)O)(C(=O)NCCC)C(F)(F)F. The molecular weight excluding hydrogens is 459 g/mol. The molecule has 0 saturated heterocycles. The van der Waals surface area contributed by atoms with E-state index in [0.717, 1.165) is 6.92 Å². The van der Waals surface area contributed by atoms with Crippen molar-refractivity contribution in [3.63, 3.8) is 0 Å². The second kappa shape index (κ2) is 9.47. The first-order valence-corrected chi connectivity index (χ1v) is 9.31. The summed E-state index contributed by atoms with van der Waals surface area (Å²) in [5.41, 5.74) is -0.654. The molecule has 0 aliphatic heterocycles. The summed E-state index contributed by atoms with van der Waals surface area (Å²) in [6.45, 7) is 2.84. The van der Waals surface area contributed by atoms with Crippen LogP contribution >= 0.6 is 0 Å². The van der Waals surface area contributed by atoms with Crippen LogP contribution in [0.3, 0.4) is 0 Å². The zero-order valence-electron chi connectivity index (χ0n) is 15.5. The van der Waals surface area contributed by atoms with Gasteiger partial charge in [-0.2, -0.15) is 39.2 Å². The fraction of sp³-hybridized carbons (Fsp3) is 0.714. The molecule has 0 heterocycles. The maximum Gasteiger partial charge on any atom is 0.466 e. The minimum atomic E-state index is -6.65. The molecule has 0 saturated carbocycles. The van der Waals surface area contributed by atoms with Crippen molar-refractivity contribution in [1.82, 2.24) is 5.32 Å². The van der Waals surface area contributed by atoms with Crippen LogP contribution in [0.15, 0.2) is 12.2 Å². The smallest absolute Gasteiger partial charge is 0.412 e. The van der Waals surface area contributed by atoms with Gasteiger partial charge in [0.05, 0.1) is 6.61 Å². The molecule has 0 radical (unpaired) electrons. The van der Waals surface area contributed by atoms with E-state index in [-0.39, 0.29) is 6.42 Å². The molecule has 2 N–H and O–H groups in total. The lowest BCUT2D eigenvalue weighted by molar-refractivity contribution is -0.349. The van der Waals surface area contributed by atoms with Crippen molar-refractivity contribution in [2.24, 2.45) is 0 Å². The van der Waals surface area contributed by atoms with Gasteiger partial charge in [0.1, 0.15) is 0 Å². The van der Waals surface area contributed by atoms with Crippen molar-refractivity contribution in [2.75, 3.05) is 13.2 Å². The summed E-state index contributed by atoms with van der Waals surface area (Å²) in [6.07, 6.45) is -8.20. The summed E-state index contributed by atoms with van der Waals surface area (Å²) in [7, 11) is -6.65. The molecule has 0 bridgehead atoms. The highest BCUT2D eigenvalue weighted by atomic mass is 32.2. The number of alkyl halides is 7. The second-order valence-corrected chi connectivity index (χ2v) is 7.30. The Morgan fingerprint density at radius 2 is 1.60 bits per heavy atom. The molecule has 1 amide bonds. The first-order valence-electron chi connectivity index (χ1n) is 7.87. The molecule has 0 rings (SSSR count). The quantitative estimate of drug-likeness (QED) is 0.154. The summed E-state index contributed by atoms with van der Waals surface area (Å²) in [6, 6.07) is 0. The zero-order valence-corrected chi connectivity index (χ0v) is 16.3. The third kappa shape index (κ3) is 6.04. The van der Waals surface area contributed by atoms with E-state index in [0.29, 0.717) is 0 Å². The number of amides is 1. The van der Waals surface area contributed by atoms with Crippen molar-refractivity contribution in [2.45, 2.75) is 49.8 Å². The molecule has 8 nitrogen and oxygen atoms in total. The number of ether oxygens (including phenoxy) is 2. The Hall–Kier alpha value is -1.94. The largest absolute Gasteiger partial charge is 0.466 e. The predicted octanol–water partition coefficient (Wildman–Crippen LogP) is 2.41. The molecule has 30 heavy (non-hydrogen) atoms.